The number of benzene rings is 2. The van der Waals surface area contributed by atoms with Gasteiger partial charge in [0.05, 0.1) is 11.4 Å². The van der Waals surface area contributed by atoms with Crippen LogP contribution in [0.5, 0.6) is 0 Å². The van der Waals surface area contributed by atoms with Crippen molar-refractivity contribution in [3.8, 4) is 0 Å². The van der Waals surface area contributed by atoms with Gasteiger partial charge in [-0.05, 0) is 24.3 Å². The molecule has 0 heterocycles. The Morgan fingerprint density at radius 1 is 1.00 bits per heavy atom. The molecule has 0 spiro atoms. The molecule has 2 N–H and O–H groups in total. The second-order valence-corrected chi connectivity index (χ2v) is 4.12. The molecule has 2 aromatic rings. The number of para-hydroxylation sites is 2. The van der Waals surface area contributed by atoms with Gasteiger partial charge in [-0.2, -0.15) is 0 Å². The molecule has 0 aliphatic carbocycles. The lowest BCUT2D eigenvalue weighted by Gasteiger charge is -2.21. The normalized spacial score (nSPS) is 10.4. The zero-order chi connectivity index (χ0) is 13.1. The van der Waals surface area contributed by atoms with E-state index < -0.39 is 11.6 Å². The summed E-state index contributed by atoms with van der Waals surface area (Å²) < 4.78 is 27.1. The first-order chi connectivity index (χ1) is 8.59. The fraction of sp³-hybridized carbons (Fsp3) is 0.143. The smallest absolute Gasteiger partial charge is 0.131 e. The molecule has 0 aliphatic rings. The molecule has 2 nitrogen and oxygen atoms in total. The third-order valence-electron chi connectivity index (χ3n) is 2.80. The van der Waals surface area contributed by atoms with E-state index in [1.54, 1.807) is 18.0 Å². The minimum absolute atomic E-state index is 0.0447. The monoisotopic (exact) mass is 248 g/mol. The molecule has 0 radical (unpaired) electrons. The maximum absolute atomic E-state index is 13.5. The van der Waals surface area contributed by atoms with Crippen molar-refractivity contribution >= 4 is 11.4 Å². The Labute approximate surface area is 105 Å². The van der Waals surface area contributed by atoms with Crippen LogP contribution in [-0.2, 0) is 6.54 Å². The average molecular weight is 248 g/mol. The molecule has 0 aromatic heterocycles. The van der Waals surface area contributed by atoms with Crippen LogP contribution in [0.25, 0.3) is 0 Å². The van der Waals surface area contributed by atoms with E-state index >= 15 is 0 Å². The molecular weight excluding hydrogens is 234 g/mol. The van der Waals surface area contributed by atoms with Crippen LogP contribution in [0.4, 0.5) is 20.2 Å². The SMILES string of the molecule is CN(Cc1c(F)cccc1F)c1ccccc1N. The Hall–Kier alpha value is -2.10. The van der Waals surface area contributed by atoms with Crippen molar-refractivity contribution in [2.45, 2.75) is 6.54 Å². The molecule has 0 saturated carbocycles. The molecule has 0 amide bonds. The number of nitrogen functional groups attached to an aromatic ring is 1. The van der Waals surface area contributed by atoms with E-state index in [0.717, 1.165) is 5.69 Å². The van der Waals surface area contributed by atoms with Gasteiger partial charge >= 0.3 is 0 Å². The van der Waals surface area contributed by atoms with Gasteiger partial charge in [-0.1, -0.05) is 18.2 Å². The molecule has 0 bridgehead atoms. The molecule has 2 aromatic carbocycles. The fourth-order valence-electron chi connectivity index (χ4n) is 1.84. The maximum atomic E-state index is 13.5. The first-order valence-corrected chi connectivity index (χ1v) is 5.58. The minimum atomic E-state index is -0.545. The van der Waals surface area contributed by atoms with E-state index in [4.69, 9.17) is 5.73 Å². The largest absolute Gasteiger partial charge is 0.397 e. The predicted octanol–water partition coefficient (Wildman–Crippen LogP) is 3.18. The summed E-state index contributed by atoms with van der Waals surface area (Å²) in [4.78, 5) is 1.72. The predicted molar refractivity (Wildman–Crippen MR) is 69.3 cm³/mol. The molecule has 18 heavy (non-hydrogen) atoms. The summed E-state index contributed by atoms with van der Waals surface area (Å²) in [5.74, 6) is -1.09. The first-order valence-electron chi connectivity index (χ1n) is 5.58. The lowest BCUT2D eigenvalue weighted by molar-refractivity contribution is 0.554. The lowest BCUT2D eigenvalue weighted by atomic mass is 10.1. The Morgan fingerprint density at radius 2 is 1.61 bits per heavy atom. The first kappa shape index (κ1) is 12.4. The number of halogens is 2. The topological polar surface area (TPSA) is 29.3 Å². The summed E-state index contributed by atoms with van der Waals surface area (Å²) in [6.07, 6.45) is 0. The van der Waals surface area contributed by atoms with Gasteiger partial charge in [0.1, 0.15) is 11.6 Å². The van der Waals surface area contributed by atoms with Crippen molar-refractivity contribution in [2.75, 3.05) is 17.7 Å². The average Bonchev–Trinajstić information content (AvgIpc) is 2.34. The van der Waals surface area contributed by atoms with E-state index in [9.17, 15) is 8.78 Å². The quantitative estimate of drug-likeness (QED) is 0.845. The van der Waals surface area contributed by atoms with Crippen LogP contribution in [0.15, 0.2) is 42.5 Å². The van der Waals surface area contributed by atoms with Crippen LogP contribution in [0, 0.1) is 11.6 Å². The standard InChI is InChI=1S/C14H14F2N2/c1-18(14-8-3-2-7-13(14)17)9-10-11(15)5-4-6-12(10)16/h2-8H,9,17H2,1H3. The van der Waals surface area contributed by atoms with Crippen LogP contribution < -0.4 is 10.6 Å². The molecule has 0 saturated heterocycles. The highest BCUT2D eigenvalue weighted by atomic mass is 19.1. The van der Waals surface area contributed by atoms with Crippen molar-refractivity contribution in [3.05, 3.63) is 59.7 Å². The molecule has 0 unspecified atom stereocenters. The van der Waals surface area contributed by atoms with Crippen LogP contribution in [0.2, 0.25) is 0 Å². The van der Waals surface area contributed by atoms with Crippen LogP contribution >= 0.6 is 0 Å². The van der Waals surface area contributed by atoms with Gasteiger partial charge in [0.2, 0.25) is 0 Å². The number of hydrogen-bond donors (Lipinski definition) is 1. The van der Waals surface area contributed by atoms with Gasteiger partial charge in [0, 0.05) is 19.2 Å². The number of anilines is 2. The number of nitrogens with two attached hydrogens (primary N) is 1. The van der Waals surface area contributed by atoms with Crippen LogP contribution in [-0.4, -0.2) is 7.05 Å². The molecule has 4 heteroatoms. The Bertz CT molecular complexity index is 535. The molecule has 0 atom stereocenters. The number of hydrogen-bond acceptors (Lipinski definition) is 2. The van der Waals surface area contributed by atoms with Gasteiger partial charge in [-0.25, -0.2) is 8.78 Å². The van der Waals surface area contributed by atoms with Gasteiger partial charge in [0.15, 0.2) is 0 Å². The van der Waals surface area contributed by atoms with Crippen molar-refractivity contribution in [1.29, 1.82) is 0 Å². The summed E-state index contributed by atoms with van der Waals surface area (Å²) in [6.45, 7) is 0.132. The van der Waals surface area contributed by atoms with Gasteiger partial charge in [-0.3, -0.25) is 0 Å². The van der Waals surface area contributed by atoms with Gasteiger partial charge in [0.25, 0.3) is 0 Å². The summed E-state index contributed by atoms with van der Waals surface area (Å²) in [7, 11) is 1.75. The van der Waals surface area contributed by atoms with Gasteiger partial charge < -0.3 is 10.6 Å². The third-order valence-corrected chi connectivity index (χ3v) is 2.80. The highest BCUT2D eigenvalue weighted by molar-refractivity contribution is 5.66. The van der Waals surface area contributed by atoms with Crippen LogP contribution in [0.3, 0.4) is 0 Å². The van der Waals surface area contributed by atoms with Crippen molar-refractivity contribution in [2.24, 2.45) is 0 Å². The third kappa shape index (κ3) is 2.42. The van der Waals surface area contributed by atoms with E-state index in [2.05, 4.69) is 0 Å². The molecular formula is C14H14F2N2. The minimum Gasteiger partial charge on any atom is -0.397 e. The molecule has 0 fully saturated rings. The Kier molecular flexibility index (Phi) is 3.46. The van der Waals surface area contributed by atoms with Crippen LogP contribution in [0.1, 0.15) is 5.56 Å². The molecule has 94 valence electrons. The summed E-state index contributed by atoms with van der Waals surface area (Å²) in [5, 5.41) is 0. The van der Waals surface area contributed by atoms with Gasteiger partial charge in [-0.15, -0.1) is 0 Å². The summed E-state index contributed by atoms with van der Waals surface area (Å²) >= 11 is 0. The number of rotatable bonds is 3. The Morgan fingerprint density at radius 3 is 2.22 bits per heavy atom. The fourth-order valence-corrected chi connectivity index (χ4v) is 1.84. The molecule has 2 rings (SSSR count). The lowest BCUT2D eigenvalue weighted by Crippen LogP contribution is -2.19. The maximum Gasteiger partial charge on any atom is 0.131 e. The van der Waals surface area contributed by atoms with Crippen molar-refractivity contribution < 1.29 is 8.78 Å². The Balaban J connectivity index is 2.27. The highest BCUT2D eigenvalue weighted by Gasteiger charge is 2.12. The summed E-state index contributed by atoms with van der Waals surface area (Å²) in [6, 6.07) is 11.1. The second-order valence-electron chi connectivity index (χ2n) is 4.12. The van der Waals surface area contributed by atoms with Crippen molar-refractivity contribution in [3.63, 3.8) is 0 Å². The van der Waals surface area contributed by atoms with E-state index in [-0.39, 0.29) is 12.1 Å². The second kappa shape index (κ2) is 5.04. The van der Waals surface area contributed by atoms with E-state index in [1.165, 1.54) is 18.2 Å². The zero-order valence-electron chi connectivity index (χ0n) is 10.0. The number of nitrogens with zero attached hydrogens (tertiary/aromatic N) is 1. The van der Waals surface area contributed by atoms with Crippen molar-refractivity contribution in [1.82, 2.24) is 0 Å². The molecule has 0 aliphatic heterocycles. The van der Waals surface area contributed by atoms with E-state index in [0.29, 0.717) is 5.69 Å². The zero-order valence-corrected chi connectivity index (χ0v) is 10.0. The highest BCUT2D eigenvalue weighted by Crippen LogP contribution is 2.24. The van der Waals surface area contributed by atoms with E-state index in [1.807, 2.05) is 18.2 Å². The summed E-state index contributed by atoms with van der Waals surface area (Å²) in [5.41, 5.74) is 7.20.